The summed E-state index contributed by atoms with van der Waals surface area (Å²) in [6.45, 7) is 9.98. The van der Waals surface area contributed by atoms with Crippen LogP contribution in [0.2, 0.25) is 0 Å². The van der Waals surface area contributed by atoms with Crippen molar-refractivity contribution >= 4 is 22.1 Å². The van der Waals surface area contributed by atoms with Gasteiger partial charge in [-0.05, 0) is 31.5 Å². The highest BCUT2D eigenvalue weighted by Crippen LogP contribution is 2.35. The molecular weight excluding hydrogens is 513 g/mol. The molecule has 0 aliphatic rings. The van der Waals surface area contributed by atoms with E-state index in [1.165, 1.54) is 31.5 Å². The number of aromatic amines is 1. The normalized spacial score (nSPS) is 12.7. The number of carbonyl (C=O) groups excluding carboxylic acids is 1. The van der Waals surface area contributed by atoms with Crippen LogP contribution in [0.5, 0.6) is 0 Å². The molecule has 0 unspecified atom stereocenters. The third kappa shape index (κ3) is 6.84. The summed E-state index contributed by atoms with van der Waals surface area (Å²) in [4.78, 5) is 27.7. The number of hydrogen-bond acceptors (Lipinski definition) is 8. The lowest BCUT2D eigenvalue weighted by molar-refractivity contribution is 0.168. The van der Waals surface area contributed by atoms with E-state index in [2.05, 4.69) is 40.0 Å². The number of hydrogen-bond donors (Lipinski definition) is 4. The van der Waals surface area contributed by atoms with Crippen LogP contribution >= 0.6 is 0 Å². The van der Waals surface area contributed by atoms with Gasteiger partial charge in [-0.3, -0.25) is 0 Å². The van der Waals surface area contributed by atoms with Gasteiger partial charge in [0.2, 0.25) is 16.0 Å². The van der Waals surface area contributed by atoms with Gasteiger partial charge in [-0.2, -0.15) is 0 Å². The molecule has 1 amide bonds. The van der Waals surface area contributed by atoms with Crippen LogP contribution < -0.4 is 15.4 Å². The van der Waals surface area contributed by atoms with Crippen molar-refractivity contribution in [1.29, 1.82) is 0 Å². The van der Waals surface area contributed by atoms with Gasteiger partial charge in [0, 0.05) is 36.3 Å². The Labute approximate surface area is 222 Å². The molecule has 4 N–H and O–H groups in total. The Kier molecular flexibility index (Phi) is 9.05. The van der Waals surface area contributed by atoms with Crippen molar-refractivity contribution in [2.24, 2.45) is 0 Å². The Morgan fingerprint density at radius 1 is 1.21 bits per heavy atom. The Morgan fingerprint density at radius 2 is 1.95 bits per heavy atom. The molecule has 1 aromatic carbocycles. The zero-order valence-electron chi connectivity index (χ0n) is 22.3. The second-order valence-corrected chi connectivity index (χ2v) is 11.5. The van der Waals surface area contributed by atoms with E-state index in [9.17, 15) is 13.2 Å². The molecule has 2 aromatic heterocycles. The van der Waals surface area contributed by atoms with Gasteiger partial charge in [0.1, 0.15) is 16.4 Å². The van der Waals surface area contributed by atoms with Gasteiger partial charge in [-0.15, -0.1) is 0 Å². The number of carbonyl (C=O) groups is 1. The minimum atomic E-state index is -4.05. The number of aromatic nitrogens is 4. The molecule has 0 saturated heterocycles. The van der Waals surface area contributed by atoms with Crippen LogP contribution in [0, 0.1) is 5.82 Å². The van der Waals surface area contributed by atoms with Crippen molar-refractivity contribution in [1.82, 2.24) is 30.0 Å². The van der Waals surface area contributed by atoms with E-state index in [1.807, 2.05) is 27.7 Å². The topological polar surface area (TPSA) is 151 Å². The van der Waals surface area contributed by atoms with Gasteiger partial charge in [-0.25, -0.2) is 37.3 Å². The number of alkyl carbamates (subject to hydrolysis) is 1. The average Bonchev–Trinajstić information content (AvgIpc) is 3.32. The van der Waals surface area contributed by atoms with Crippen LogP contribution in [0.15, 0.2) is 35.4 Å². The highest BCUT2D eigenvalue weighted by molar-refractivity contribution is 7.89. The minimum Gasteiger partial charge on any atom is -0.453 e. The number of nitrogens with zero attached hydrogens (tertiary/aromatic N) is 3. The summed E-state index contributed by atoms with van der Waals surface area (Å²) in [7, 11) is -2.77. The van der Waals surface area contributed by atoms with Crippen LogP contribution in [0.1, 0.15) is 46.9 Å². The van der Waals surface area contributed by atoms with Crippen LogP contribution in [0.4, 0.5) is 15.1 Å². The number of ether oxygens (including phenoxy) is 1. The number of nitrogens with one attached hydrogen (secondary N) is 4. The Bertz CT molecular complexity index is 1390. The molecule has 0 aliphatic carbocycles. The summed E-state index contributed by atoms with van der Waals surface area (Å²) >= 11 is 0. The first kappa shape index (κ1) is 29.0. The molecule has 3 rings (SSSR count). The Balaban J connectivity index is 2.05. The van der Waals surface area contributed by atoms with Gasteiger partial charge in [-0.1, -0.05) is 33.8 Å². The molecule has 13 heteroatoms. The standard InChI is InChI=1S/C25H34FN7O4S/c1-7-12-29-38(35,36)18-10-8-9-16(19(18)26)20-21(33-22(32-20)25(3,4)5)17-11-13-27-23(31-17)28-14-15(2)30-24(34)37-6/h8-11,13,15,29H,7,12,14H2,1-6H3,(H,30,34)(H,32,33)(H,27,28,31)/t15-/m0/s1. The highest BCUT2D eigenvalue weighted by atomic mass is 32.2. The van der Waals surface area contributed by atoms with Crippen molar-refractivity contribution in [3.8, 4) is 22.6 Å². The summed E-state index contributed by atoms with van der Waals surface area (Å²) in [5.74, 6) is -0.0536. The number of sulfonamides is 1. The largest absolute Gasteiger partial charge is 0.453 e. The second-order valence-electron chi connectivity index (χ2n) is 9.76. The lowest BCUT2D eigenvalue weighted by Crippen LogP contribution is -2.37. The summed E-state index contributed by atoms with van der Waals surface area (Å²) in [6.07, 6.45) is 1.55. The maximum atomic E-state index is 15.7. The maximum Gasteiger partial charge on any atom is 0.407 e. The number of methoxy groups -OCH3 is 1. The molecule has 0 fully saturated rings. The fourth-order valence-corrected chi connectivity index (χ4v) is 4.69. The number of H-pyrrole nitrogens is 1. The first-order chi connectivity index (χ1) is 17.9. The van der Waals surface area contributed by atoms with E-state index in [-0.39, 0.29) is 29.8 Å². The molecule has 0 aliphatic heterocycles. The Hall–Kier alpha value is -3.58. The zero-order chi connectivity index (χ0) is 28.1. The van der Waals surface area contributed by atoms with E-state index in [4.69, 9.17) is 0 Å². The first-order valence-electron chi connectivity index (χ1n) is 12.2. The fraction of sp³-hybridized carbons (Fsp3) is 0.440. The zero-order valence-corrected chi connectivity index (χ0v) is 23.2. The van der Waals surface area contributed by atoms with Gasteiger partial charge in [0.25, 0.3) is 0 Å². The third-order valence-electron chi connectivity index (χ3n) is 5.49. The van der Waals surface area contributed by atoms with Gasteiger partial charge in [0.05, 0.1) is 18.5 Å². The van der Waals surface area contributed by atoms with Crippen molar-refractivity contribution < 1.29 is 22.3 Å². The molecule has 0 saturated carbocycles. The quantitative estimate of drug-likeness (QED) is 0.299. The lowest BCUT2D eigenvalue weighted by Gasteiger charge is -2.14. The predicted octanol–water partition coefficient (Wildman–Crippen LogP) is 3.82. The molecule has 11 nitrogen and oxygen atoms in total. The molecule has 3 aromatic rings. The Morgan fingerprint density at radius 3 is 2.61 bits per heavy atom. The van der Waals surface area contributed by atoms with Crippen molar-refractivity contribution in [2.45, 2.75) is 57.4 Å². The first-order valence-corrected chi connectivity index (χ1v) is 13.7. The van der Waals surface area contributed by atoms with Crippen molar-refractivity contribution in [3.63, 3.8) is 0 Å². The van der Waals surface area contributed by atoms with Gasteiger partial charge >= 0.3 is 6.09 Å². The SMILES string of the molecule is CCCNS(=O)(=O)c1cccc(-c2nc(C(C)(C)C)[nH]c2-c2ccnc(NC[C@H](C)NC(=O)OC)n2)c1F. The smallest absolute Gasteiger partial charge is 0.407 e. The van der Waals surface area contributed by atoms with Gasteiger partial charge < -0.3 is 20.4 Å². The molecule has 38 heavy (non-hydrogen) atoms. The minimum absolute atomic E-state index is 0.0233. The van der Waals surface area contributed by atoms with E-state index < -0.39 is 32.2 Å². The molecule has 1 atom stereocenters. The van der Waals surface area contributed by atoms with Crippen molar-refractivity contribution in [2.75, 3.05) is 25.5 Å². The monoisotopic (exact) mass is 547 g/mol. The predicted molar refractivity (Wildman–Crippen MR) is 143 cm³/mol. The van der Waals surface area contributed by atoms with E-state index in [0.717, 1.165) is 0 Å². The molecular formula is C25H34FN7O4S. The number of rotatable bonds is 10. The molecule has 0 radical (unpaired) electrons. The summed E-state index contributed by atoms with van der Waals surface area (Å²) < 4.78 is 48.2. The number of anilines is 1. The van der Waals surface area contributed by atoms with Crippen LogP contribution in [-0.2, 0) is 20.2 Å². The number of benzene rings is 1. The average molecular weight is 548 g/mol. The highest BCUT2D eigenvalue weighted by Gasteiger charge is 2.27. The van der Waals surface area contributed by atoms with Gasteiger partial charge in [0.15, 0.2) is 5.82 Å². The number of imidazole rings is 1. The molecule has 0 spiro atoms. The number of amides is 1. The van der Waals surface area contributed by atoms with Crippen LogP contribution in [0.25, 0.3) is 22.6 Å². The third-order valence-corrected chi connectivity index (χ3v) is 6.97. The van der Waals surface area contributed by atoms with E-state index in [0.29, 0.717) is 30.2 Å². The number of halogens is 1. The van der Waals surface area contributed by atoms with E-state index in [1.54, 1.807) is 13.0 Å². The summed E-state index contributed by atoms with van der Waals surface area (Å²) in [5.41, 5.74) is 0.668. The fourth-order valence-electron chi connectivity index (χ4n) is 3.46. The van der Waals surface area contributed by atoms with E-state index >= 15 is 4.39 Å². The lowest BCUT2D eigenvalue weighted by atomic mass is 9.96. The molecule has 2 heterocycles. The molecule has 0 bridgehead atoms. The molecule has 206 valence electrons. The maximum absolute atomic E-state index is 15.7. The van der Waals surface area contributed by atoms with Crippen molar-refractivity contribution in [3.05, 3.63) is 42.1 Å². The van der Waals surface area contributed by atoms with Crippen LogP contribution in [0.3, 0.4) is 0 Å². The summed E-state index contributed by atoms with van der Waals surface area (Å²) in [6, 6.07) is 5.57. The van der Waals surface area contributed by atoms with Crippen LogP contribution in [-0.4, -0.2) is 60.7 Å². The summed E-state index contributed by atoms with van der Waals surface area (Å²) in [5, 5.41) is 5.69. The second kappa shape index (κ2) is 11.9.